The normalized spacial score (nSPS) is 11.7. The van der Waals surface area contributed by atoms with Crippen LogP contribution < -0.4 is 10.5 Å². The number of hydrogen-bond acceptors (Lipinski definition) is 5. The maximum Gasteiger partial charge on any atom is 0.238 e. The van der Waals surface area contributed by atoms with E-state index in [0.717, 1.165) is 33.5 Å². The number of nitrogens with zero attached hydrogens (tertiary/aromatic N) is 2. The van der Waals surface area contributed by atoms with Crippen molar-refractivity contribution in [2.24, 2.45) is 5.14 Å². The highest BCUT2D eigenvalue weighted by molar-refractivity contribution is 7.89. The van der Waals surface area contributed by atoms with Crippen LogP contribution in [0.2, 0.25) is 0 Å². The first-order chi connectivity index (χ1) is 11.3. The molecule has 8 heteroatoms. The molecule has 0 aliphatic carbocycles. The molecule has 2 aromatic heterocycles. The predicted molar refractivity (Wildman–Crippen MR) is 97.3 cm³/mol. The highest BCUT2D eigenvalue weighted by Crippen LogP contribution is 2.31. The molecular weight excluding hydrogens is 344 g/mol. The van der Waals surface area contributed by atoms with E-state index in [-0.39, 0.29) is 4.90 Å². The van der Waals surface area contributed by atoms with E-state index in [4.69, 9.17) is 5.14 Å². The zero-order chi connectivity index (χ0) is 17.5. The van der Waals surface area contributed by atoms with Gasteiger partial charge >= 0.3 is 0 Å². The second-order valence-electron chi connectivity index (χ2n) is 5.45. The van der Waals surface area contributed by atoms with Gasteiger partial charge in [0.25, 0.3) is 0 Å². The van der Waals surface area contributed by atoms with Crippen LogP contribution in [0.1, 0.15) is 11.4 Å². The fraction of sp³-hybridized carbons (Fsp3) is 0.188. The summed E-state index contributed by atoms with van der Waals surface area (Å²) in [4.78, 5) is 4.66. The summed E-state index contributed by atoms with van der Waals surface area (Å²) in [5.74, 6) is 0. The summed E-state index contributed by atoms with van der Waals surface area (Å²) in [5.41, 5.74) is 4.95. The van der Waals surface area contributed by atoms with Crippen LogP contribution in [0.15, 0.2) is 40.6 Å². The lowest BCUT2D eigenvalue weighted by Crippen LogP contribution is -2.12. The lowest BCUT2D eigenvalue weighted by molar-refractivity contribution is 0.598. The lowest BCUT2D eigenvalue weighted by atomic mass is 10.2. The Balaban J connectivity index is 2.06. The third-order valence-corrected chi connectivity index (χ3v) is 5.64. The predicted octanol–water partition coefficient (Wildman–Crippen LogP) is 2.91. The van der Waals surface area contributed by atoms with Crippen molar-refractivity contribution < 1.29 is 8.42 Å². The molecule has 126 valence electrons. The van der Waals surface area contributed by atoms with Gasteiger partial charge in [-0.25, -0.2) is 18.5 Å². The van der Waals surface area contributed by atoms with Crippen molar-refractivity contribution in [3.8, 4) is 16.9 Å². The Morgan fingerprint density at radius 1 is 1.21 bits per heavy atom. The number of hydrogen-bond donors (Lipinski definition) is 2. The number of aromatic nitrogens is 2. The lowest BCUT2D eigenvalue weighted by Gasteiger charge is -2.10. The standard InChI is InChI=1S/C16H18N4O2S2/c1-10-8-14(15-9-23-16(18-3)19-15)11(2)20(10)12-4-6-13(7-5-12)24(17,21)22/h4-9H,1-3H3,(H,18,19)(H2,17,21,22). The molecule has 6 nitrogen and oxygen atoms in total. The van der Waals surface area contributed by atoms with Crippen molar-refractivity contribution in [3.05, 3.63) is 47.1 Å². The van der Waals surface area contributed by atoms with E-state index in [1.807, 2.05) is 26.3 Å². The third kappa shape index (κ3) is 2.95. The molecule has 1 aromatic carbocycles. The quantitative estimate of drug-likeness (QED) is 0.747. The molecule has 3 rings (SSSR count). The number of aryl methyl sites for hydroxylation is 1. The molecule has 0 unspecified atom stereocenters. The molecule has 0 atom stereocenters. The molecule has 0 spiro atoms. The van der Waals surface area contributed by atoms with E-state index >= 15 is 0 Å². The maximum atomic E-state index is 11.4. The number of rotatable bonds is 4. The van der Waals surface area contributed by atoms with Gasteiger partial charge in [-0.05, 0) is 44.2 Å². The zero-order valence-electron chi connectivity index (χ0n) is 13.6. The van der Waals surface area contributed by atoms with E-state index in [1.165, 1.54) is 12.1 Å². The summed E-state index contributed by atoms with van der Waals surface area (Å²) in [6, 6.07) is 8.63. The molecule has 0 saturated heterocycles. The SMILES string of the molecule is CNc1nc(-c2cc(C)n(-c3ccc(S(N)(=O)=O)cc3)c2C)cs1. The van der Waals surface area contributed by atoms with Gasteiger partial charge in [-0.2, -0.15) is 0 Å². The van der Waals surface area contributed by atoms with Crippen molar-refractivity contribution in [2.75, 3.05) is 12.4 Å². The van der Waals surface area contributed by atoms with Gasteiger partial charge in [0.05, 0.1) is 10.6 Å². The molecule has 0 fully saturated rings. The van der Waals surface area contributed by atoms with Crippen molar-refractivity contribution in [1.82, 2.24) is 9.55 Å². The largest absolute Gasteiger partial charge is 0.365 e. The molecule has 0 aliphatic heterocycles. The second-order valence-corrected chi connectivity index (χ2v) is 7.87. The number of nitrogens with two attached hydrogens (primary N) is 1. The smallest absolute Gasteiger partial charge is 0.238 e. The first-order valence-corrected chi connectivity index (χ1v) is 9.69. The van der Waals surface area contributed by atoms with Crippen LogP contribution in [0.5, 0.6) is 0 Å². The highest BCUT2D eigenvalue weighted by atomic mass is 32.2. The fourth-order valence-corrected chi connectivity index (χ4v) is 3.90. The molecule has 0 saturated carbocycles. The zero-order valence-corrected chi connectivity index (χ0v) is 15.2. The molecule has 3 aromatic rings. The third-order valence-electron chi connectivity index (χ3n) is 3.85. The van der Waals surface area contributed by atoms with E-state index < -0.39 is 10.0 Å². The Bertz CT molecular complexity index is 986. The molecular formula is C16H18N4O2S2. The van der Waals surface area contributed by atoms with Crippen molar-refractivity contribution >= 4 is 26.5 Å². The minimum absolute atomic E-state index is 0.104. The number of thiazole rings is 1. The van der Waals surface area contributed by atoms with Crippen LogP contribution in [0.25, 0.3) is 16.9 Å². The molecule has 0 radical (unpaired) electrons. The summed E-state index contributed by atoms with van der Waals surface area (Å²) < 4.78 is 24.9. The van der Waals surface area contributed by atoms with Crippen LogP contribution >= 0.6 is 11.3 Å². The summed E-state index contributed by atoms with van der Waals surface area (Å²) >= 11 is 1.56. The number of benzene rings is 1. The van der Waals surface area contributed by atoms with Gasteiger partial charge in [-0.1, -0.05) is 0 Å². The van der Waals surface area contributed by atoms with Crippen LogP contribution in [0, 0.1) is 13.8 Å². The number of sulfonamides is 1. The van der Waals surface area contributed by atoms with Crippen LogP contribution in [-0.2, 0) is 10.0 Å². The molecule has 0 aliphatic rings. The van der Waals surface area contributed by atoms with E-state index in [9.17, 15) is 8.42 Å². The number of primary sulfonamides is 1. The monoisotopic (exact) mass is 362 g/mol. The number of anilines is 1. The maximum absolute atomic E-state index is 11.4. The Hall–Kier alpha value is -2.16. The van der Waals surface area contributed by atoms with Gasteiger partial charge in [0, 0.05) is 35.1 Å². The highest BCUT2D eigenvalue weighted by Gasteiger charge is 2.15. The van der Waals surface area contributed by atoms with Crippen molar-refractivity contribution in [2.45, 2.75) is 18.7 Å². The minimum Gasteiger partial charge on any atom is -0.365 e. The molecule has 3 N–H and O–H groups in total. The van der Waals surface area contributed by atoms with Crippen molar-refractivity contribution in [3.63, 3.8) is 0 Å². The Morgan fingerprint density at radius 2 is 1.88 bits per heavy atom. The van der Waals surface area contributed by atoms with Gasteiger partial charge in [0.2, 0.25) is 10.0 Å². The fourth-order valence-electron chi connectivity index (χ4n) is 2.72. The molecule has 2 heterocycles. The first kappa shape index (κ1) is 16.7. The van der Waals surface area contributed by atoms with E-state index in [1.54, 1.807) is 23.5 Å². The average Bonchev–Trinajstić information content (AvgIpc) is 3.11. The van der Waals surface area contributed by atoms with Crippen LogP contribution in [-0.4, -0.2) is 25.0 Å². The Kier molecular flexibility index (Phi) is 4.20. The molecule has 0 bridgehead atoms. The Morgan fingerprint density at radius 3 is 2.42 bits per heavy atom. The molecule has 0 amide bonds. The first-order valence-electron chi connectivity index (χ1n) is 7.27. The van der Waals surface area contributed by atoms with Gasteiger partial charge < -0.3 is 9.88 Å². The van der Waals surface area contributed by atoms with Gasteiger partial charge in [0.1, 0.15) is 0 Å². The summed E-state index contributed by atoms with van der Waals surface area (Å²) in [6.45, 7) is 4.03. The molecule has 24 heavy (non-hydrogen) atoms. The van der Waals surface area contributed by atoms with E-state index in [0.29, 0.717) is 0 Å². The summed E-state index contributed by atoms with van der Waals surface area (Å²) in [5, 5.41) is 11.1. The van der Waals surface area contributed by atoms with Gasteiger partial charge in [0.15, 0.2) is 5.13 Å². The Labute approximate surface area is 145 Å². The topological polar surface area (TPSA) is 90.0 Å². The summed E-state index contributed by atoms with van der Waals surface area (Å²) in [6.07, 6.45) is 0. The van der Waals surface area contributed by atoms with Crippen LogP contribution in [0.4, 0.5) is 5.13 Å². The minimum atomic E-state index is -3.68. The summed E-state index contributed by atoms with van der Waals surface area (Å²) in [7, 11) is -1.84. The van der Waals surface area contributed by atoms with Gasteiger partial charge in [-0.3, -0.25) is 0 Å². The van der Waals surface area contributed by atoms with Crippen LogP contribution in [0.3, 0.4) is 0 Å². The van der Waals surface area contributed by atoms with Gasteiger partial charge in [-0.15, -0.1) is 11.3 Å². The second kappa shape index (κ2) is 6.04. The average molecular weight is 362 g/mol. The van der Waals surface area contributed by atoms with Crippen molar-refractivity contribution in [1.29, 1.82) is 0 Å². The van der Waals surface area contributed by atoms with E-state index in [2.05, 4.69) is 20.9 Å². The number of nitrogens with one attached hydrogen (secondary N) is 1.